The van der Waals surface area contributed by atoms with Gasteiger partial charge in [-0.15, -0.1) is 0 Å². The second-order valence-electron chi connectivity index (χ2n) is 5.35. The summed E-state index contributed by atoms with van der Waals surface area (Å²) in [6.07, 6.45) is 2.42. The van der Waals surface area contributed by atoms with Crippen LogP contribution in [0.15, 0.2) is 18.2 Å². The van der Waals surface area contributed by atoms with Crippen molar-refractivity contribution < 1.29 is 9.72 Å². The van der Waals surface area contributed by atoms with Crippen molar-refractivity contribution >= 4 is 17.3 Å². The molecular weight excluding hydrogens is 258 g/mol. The topological polar surface area (TPSA) is 89.5 Å². The zero-order valence-electron chi connectivity index (χ0n) is 11.5. The highest BCUT2D eigenvalue weighted by molar-refractivity contribution is 5.74. The Hall–Kier alpha value is -2.11. The molecule has 6 nitrogen and oxygen atoms in total. The number of nitro benzene ring substituents is 1. The van der Waals surface area contributed by atoms with Gasteiger partial charge in [0.1, 0.15) is 0 Å². The number of hydrogen-bond acceptors (Lipinski definition) is 4. The van der Waals surface area contributed by atoms with E-state index in [0.717, 1.165) is 37.2 Å². The van der Waals surface area contributed by atoms with E-state index in [4.69, 9.17) is 5.73 Å². The molecule has 1 aromatic carbocycles. The summed E-state index contributed by atoms with van der Waals surface area (Å²) in [5, 5.41) is 10.8. The average Bonchev–Trinajstić information content (AvgIpc) is 2.38. The lowest BCUT2D eigenvalue weighted by molar-refractivity contribution is -0.384. The molecule has 0 spiro atoms. The minimum Gasteiger partial charge on any atom is -0.371 e. The monoisotopic (exact) mass is 277 g/mol. The van der Waals surface area contributed by atoms with Gasteiger partial charge in [0.15, 0.2) is 0 Å². The number of nitro groups is 1. The van der Waals surface area contributed by atoms with Crippen LogP contribution in [-0.2, 0) is 4.79 Å². The van der Waals surface area contributed by atoms with Crippen LogP contribution in [0.2, 0.25) is 0 Å². The quantitative estimate of drug-likeness (QED) is 0.673. The van der Waals surface area contributed by atoms with Gasteiger partial charge in [0, 0.05) is 37.3 Å². The summed E-state index contributed by atoms with van der Waals surface area (Å²) in [5.41, 5.74) is 7.26. The highest BCUT2D eigenvalue weighted by Gasteiger charge is 2.23. The molecule has 0 aliphatic carbocycles. The van der Waals surface area contributed by atoms with Crippen molar-refractivity contribution in [3.8, 4) is 0 Å². The van der Waals surface area contributed by atoms with Crippen LogP contribution in [0.4, 0.5) is 11.4 Å². The van der Waals surface area contributed by atoms with Crippen molar-refractivity contribution in [3.05, 3.63) is 33.9 Å². The van der Waals surface area contributed by atoms with Crippen LogP contribution in [0, 0.1) is 23.0 Å². The van der Waals surface area contributed by atoms with Crippen molar-refractivity contribution in [1.82, 2.24) is 0 Å². The van der Waals surface area contributed by atoms with E-state index < -0.39 is 0 Å². The highest BCUT2D eigenvalue weighted by Crippen LogP contribution is 2.29. The van der Waals surface area contributed by atoms with Crippen LogP contribution < -0.4 is 10.6 Å². The maximum absolute atomic E-state index is 11.0. The molecule has 1 heterocycles. The van der Waals surface area contributed by atoms with Gasteiger partial charge in [0.05, 0.1) is 4.92 Å². The van der Waals surface area contributed by atoms with Crippen molar-refractivity contribution in [2.24, 2.45) is 11.7 Å². The molecule has 1 aliphatic heterocycles. The van der Waals surface area contributed by atoms with E-state index in [1.165, 1.54) is 6.07 Å². The second-order valence-corrected chi connectivity index (χ2v) is 5.35. The number of carbonyl (C=O) groups excluding carboxylic acids is 1. The lowest BCUT2D eigenvalue weighted by Crippen LogP contribution is -2.37. The molecule has 20 heavy (non-hydrogen) atoms. The summed E-state index contributed by atoms with van der Waals surface area (Å²) in [4.78, 5) is 23.6. The molecule has 0 bridgehead atoms. The van der Waals surface area contributed by atoms with Gasteiger partial charge in [-0.25, -0.2) is 0 Å². The first-order chi connectivity index (χ1) is 9.47. The number of anilines is 1. The number of carbonyl (C=O) groups is 1. The fraction of sp³-hybridized carbons (Fsp3) is 0.500. The molecule has 2 N–H and O–H groups in total. The number of piperidine rings is 1. The Bertz CT molecular complexity index is 530. The van der Waals surface area contributed by atoms with Crippen LogP contribution in [0.3, 0.4) is 0 Å². The number of non-ortho nitro benzene ring substituents is 1. The van der Waals surface area contributed by atoms with Crippen molar-refractivity contribution in [3.63, 3.8) is 0 Å². The number of aryl methyl sites for hydroxylation is 1. The Labute approximate surface area is 117 Å². The van der Waals surface area contributed by atoms with Gasteiger partial charge < -0.3 is 10.6 Å². The summed E-state index contributed by atoms with van der Waals surface area (Å²) in [7, 11) is 0. The molecule has 1 atom stereocenters. The average molecular weight is 277 g/mol. The Morgan fingerprint density at radius 1 is 1.55 bits per heavy atom. The summed E-state index contributed by atoms with van der Waals surface area (Å²) >= 11 is 0. The number of benzene rings is 1. The molecule has 1 aromatic rings. The van der Waals surface area contributed by atoms with Gasteiger partial charge in [0.25, 0.3) is 5.69 Å². The molecule has 0 saturated carbocycles. The predicted molar refractivity (Wildman–Crippen MR) is 76.6 cm³/mol. The maximum atomic E-state index is 11.0. The smallest absolute Gasteiger partial charge is 0.269 e. The molecule has 1 amide bonds. The van der Waals surface area contributed by atoms with Crippen LogP contribution in [0.1, 0.15) is 24.8 Å². The Balaban J connectivity index is 2.14. The third-order valence-corrected chi connectivity index (χ3v) is 3.74. The summed E-state index contributed by atoms with van der Waals surface area (Å²) in [6.45, 7) is 3.57. The van der Waals surface area contributed by atoms with Crippen LogP contribution in [0.5, 0.6) is 0 Å². The fourth-order valence-electron chi connectivity index (χ4n) is 2.84. The van der Waals surface area contributed by atoms with Crippen molar-refractivity contribution in [2.75, 3.05) is 18.0 Å². The summed E-state index contributed by atoms with van der Waals surface area (Å²) < 4.78 is 0. The maximum Gasteiger partial charge on any atom is 0.269 e. The number of hydrogen-bond donors (Lipinski definition) is 1. The predicted octanol–water partition coefficient (Wildman–Crippen LogP) is 2.00. The van der Waals surface area contributed by atoms with Gasteiger partial charge in [-0.2, -0.15) is 0 Å². The number of nitrogens with two attached hydrogens (primary N) is 1. The van der Waals surface area contributed by atoms with E-state index in [9.17, 15) is 14.9 Å². The fourth-order valence-corrected chi connectivity index (χ4v) is 2.84. The van der Waals surface area contributed by atoms with Gasteiger partial charge in [-0.1, -0.05) is 0 Å². The van der Waals surface area contributed by atoms with Crippen LogP contribution in [-0.4, -0.2) is 23.9 Å². The third kappa shape index (κ3) is 3.26. The first kappa shape index (κ1) is 14.3. The zero-order chi connectivity index (χ0) is 14.7. The standard InChI is InChI=1S/C14H19N3O3/c1-10-7-12(17(19)20)4-5-13(10)16-6-2-3-11(9-16)8-14(15)18/h4-5,7,11H,2-3,6,8-9H2,1H3,(H2,15,18). The lowest BCUT2D eigenvalue weighted by Gasteiger charge is -2.34. The normalized spacial score (nSPS) is 18.9. The van der Waals surface area contributed by atoms with Crippen LogP contribution in [0.25, 0.3) is 0 Å². The van der Waals surface area contributed by atoms with E-state index in [2.05, 4.69) is 4.90 Å². The Kier molecular flexibility index (Phi) is 4.22. The summed E-state index contributed by atoms with van der Waals surface area (Å²) in [6, 6.07) is 4.91. The van der Waals surface area contributed by atoms with Crippen LogP contribution >= 0.6 is 0 Å². The SMILES string of the molecule is Cc1cc([N+](=O)[O-])ccc1N1CCCC(CC(N)=O)C1. The molecule has 108 valence electrons. The number of amides is 1. The van der Waals surface area contributed by atoms with Gasteiger partial charge in [-0.05, 0) is 37.3 Å². The second kappa shape index (κ2) is 5.90. The minimum atomic E-state index is -0.386. The van der Waals surface area contributed by atoms with E-state index in [1.807, 2.05) is 6.92 Å². The molecular formula is C14H19N3O3. The molecule has 2 rings (SSSR count). The van der Waals surface area contributed by atoms with Crippen molar-refractivity contribution in [1.29, 1.82) is 0 Å². The van der Waals surface area contributed by atoms with E-state index >= 15 is 0 Å². The largest absolute Gasteiger partial charge is 0.371 e. The molecule has 1 fully saturated rings. The molecule has 1 unspecified atom stereocenters. The Morgan fingerprint density at radius 2 is 2.30 bits per heavy atom. The Morgan fingerprint density at radius 3 is 2.90 bits per heavy atom. The zero-order valence-corrected chi connectivity index (χ0v) is 11.5. The third-order valence-electron chi connectivity index (χ3n) is 3.74. The van der Waals surface area contributed by atoms with Gasteiger partial charge in [0.2, 0.25) is 5.91 Å². The molecule has 0 aromatic heterocycles. The molecule has 1 saturated heterocycles. The number of primary amides is 1. The van der Waals surface area contributed by atoms with E-state index in [0.29, 0.717) is 6.42 Å². The lowest BCUT2D eigenvalue weighted by atomic mass is 9.93. The molecule has 0 radical (unpaired) electrons. The molecule has 6 heteroatoms. The number of rotatable bonds is 4. The minimum absolute atomic E-state index is 0.108. The van der Waals surface area contributed by atoms with E-state index in [-0.39, 0.29) is 22.4 Å². The number of nitrogens with zero attached hydrogens (tertiary/aromatic N) is 2. The summed E-state index contributed by atoms with van der Waals surface area (Å²) in [5.74, 6) is 0.00751. The van der Waals surface area contributed by atoms with E-state index in [1.54, 1.807) is 12.1 Å². The highest BCUT2D eigenvalue weighted by atomic mass is 16.6. The van der Waals surface area contributed by atoms with Crippen molar-refractivity contribution in [2.45, 2.75) is 26.2 Å². The first-order valence-electron chi connectivity index (χ1n) is 6.75. The van der Waals surface area contributed by atoms with Gasteiger partial charge >= 0.3 is 0 Å². The van der Waals surface area contributed by atoms with Gasteiger partial charge in [-0.3, -0.25) is 14.9 Å². The molecule has 1 aliphatic rings. The first-order valence-corrected chi connectivity index (χ1v) is 6.75.